The molecule has 0 radical (unpaired) electrons. The van der Waals surface area contributed by atoms with E-state index in [1.54, 1.807) is 25.0 Å². The predicted octanol–water partition coefficient (Wildman–Crippen LogP) is 4.60. The van der Waals surface area contributed by atoms with E-state index in [9.17, 15) is 5.11 Å². The monoisotopic (exact) mass is 360 g/mol. The second-order valence-corrected chi connectivity index (χ2v) is 6.60. The van der Waals surface area contributed by atoms with Crippen molar-refractivity contribution in [1.29, 1.82) is 0 Å². The van der Waals surface area contributed by atoms with Gasteiger partial charge >= 0.3 is 0 Å². The number of aromatic nitrogens is 2. The van der Waals surface area contributed by atoms with Gasteiger partial charge in [0.1, 0.15) is 11.4 Å². The molecule has 0 spiro atoms. The Morgan fingerprint density at radius 2 is 1.95 bits per heavy atom. The van der Waals surface area contributed by atoms with Gasteiger partial charge in [-0.15, -0.1) is 0 Å². The number of hydrogen-bond acceptors (Lipinski definition) is 4. The van der Waals surface area contributed by atoms with Crippen LogP contribution in [0.1, 0.15) is 18.6 Å². The molecular formula is C16H13BrN2OS. The molecule has 3 nitrogen and oxygen atoms in total. The normalized spacial score (nSPS) is 12.5. The summed E-state index contributed by atoms with van der Waals surface area (Å²) in [7, 11) is 0. The Hall–Kier alpha value is -1.43. The summed E-state index contributed by atoms with van der Waals surface area (Å²) < 4.78 is 0.979. The fourth-order valence-electron chi connectivity index (χ4n) is 2.11. The van der Waals surface area contributed by atoms with Crippen LogP contribution in [0, 0.1) is 0 Å². The Labute approximate surface area is 135 Å². The zero-order chi connectivity index (χ0) is 14.8. The van der Waals surface area contributed by atoms with Gasteiger partial charge in [-0.3, -0.25) is 0 Å². The lowest BCUT2D eigenvalue weighted by molar-refractivity contribution is 0.196. The highest BCUT2D eigenvalue weighted by atomic mass is 79.9. The van der Waals surface area contributed by atoms with E-state index in [1.807, 2.05) is 42.5 Å². The van der Waals surface area contributed by atoms with E-state index in [4.69, 9.17) is 0 Å². The van der Waals surface area contributed by atoms with Gasteiger partial charge in [-0.25, -0.2) is 9.97 Å². The number of aliphatic hydroxyl groups is 1. The number of hydrogen-bond donors (Lipinski definition) is 1. The standard InChI is InChI=1S/C16H13BrN2OS/c1-10(20)12-7-6-11(17)8-15(12)21-16-13-4-2-3-5-14(13)18-9-19-16/h2-10,20H,1H3. The molecule has 0 aliphatic carbocycles. The molecule has 0 fully saturated rings. The molecule has 3 rings (SSSR count). The van der Waals surface area contributed by atoms with Crippen LogP contribution >= 0.6 is 27.7 Å². The van der Waals surface area contributed by atoms with Crippen LogP contribution in [-0.2, 0) is 0 Å². The Kier molecular flexibility index (Phi) is 4.24. The lowest BCUT2D eigenvalue weighted by Crippen LogP contribution is -1.95. The summed E-state index contributed by atoms with van der Waals surface area (Å²) in [6.45, 7) is 1.77. The maximum Gasteiger partial charge on any atom is 0.117 e. The van der Waals surface area contributed by atoms with Crippen LogP contribution in [0.3, 0.4) is 0 Å². The lowest BCUT2D eigenvalue weighted by Gasteiger charge is -2.12. The SMILES string of the molecule is CC(O)c1ccc(Br)cc1Sc1ncnc2ccccc12. The van der Waals surface area contributed by atoms with E-state index in [1.165, 1.54) is 0 Å². The summed E-state index contributed by atoms with van der Waals surface area (Å²) in [6, 6.07) is 13.8. The molecule has 0 saturated carbocycles. The Balaban J connectivity index is 2.09. The van der Waals surface area contributed by atoms with E-state index >= 15 is 0 Å². The van der Waals surface area contributed by atoms with Gasteiger partial charge in [-0.2, -0.15) is 0 Å². The van der Waals surface area contributed by atoms with Crippen molar-refractivity contribution >= 4 is 38.6 Å². The molecule has 21 heavy (non-hydrogen) atoms. The molecule has 106 valence electrons. The van der Waals surface area contributed by atoms with Gasteiger partial charge in [0.05, 0.1) is 11.6 Å². The van der Waals surface area contributed by atoms with Crippen molar-refractivity contribution in [1.82, 2.24) is 9.97 Å². The number of para-hydroxylation sites is 1. The van der Waals surface area contributed by atoms with Crippen molar-refractivity contribution in [3.63, 3.8) is 0 Å². The van der Waals surface area contributed by atoms with Crippen LogP contribution in [0.4, 0.5) is 0 Å². The number of halogens is 1. The molecule has 3 aromatic rings. The Bertz CT molecular complexity index is 787. The number of rotatable bonds is 3. The van der Waals surface area contributed by atoms with Gasteiger partial charge in [-0.1, -0.05) is 52.0 Å². The van der Waals surface area contributed by atoms with Crippen molar-refractivity contribution < 1.29 is 5.11 Å². The third-order valence-corrected chi connectivity index (χ3v) is 4.72. The topological polar surface area (TPSA) is 46.0 Å². The van der Waals surface area contributed by atoms with E-state index < -0.39 is 6.10 Å². The van der Waals surface area contributed by atoms with Gasteiger partial charge < -0.3 is 5.11 Å². The summed E-state index contributed by atoms with van der Waals surface area (Å²) in [5.74, 6) is 0. The van der Waals surface area contributed by atoms with Crippen molar-refractivity contribution in [2.45, 2.75) is 22.9 Å². The number of benzene rings is 2. The highest BCUT2D eigenvalue weighted by molar-refractivity contribution is 9.10. The largest absolute Gasteiger partial charge is 0.389 e. The van der Waals surface area contributed by atoms with Crippen molar-refractivity contribution in [2.24, 2.45) is 0 Å². The number of nitrogens with zero attached hydrogens (tertiary/aromatic N) is 2. The van der Waals surface area contributed by atoms with Gasteiger partial charge in [0.15, 0.2) is 0 Å². The molecule has 1 unspecified atom stereocenters. The molecule has 5 heteroatoms. The first-order chi connectivity index (χ1) is 10.1. The molecule has 0 aliphatic heterocycles. The van der Waals surface area contributed by atoms with Crippen LogP contribution in [0.2, 0.25) is 0 Å². The summed E-state index contributed by atoms with van der Waals surface area (Å²) in [4.78, 5) is 9.65. The Morgan fingerprint density at radius 3 is 2.76 bits per heavy atom. The van der Waals surface area contributed by atoms with Crippen LogP contribution in [0.25, 0.3) is 10.9 Å². The third kappa shape index (κ3) is 3.10. The van der Waals surface area contributed by atoms with Crippen LogP contribution in [-0.4, -0.2) is 15.1 Å². The first-order valence-electron chi connectivity index (χ1n) is 6.50. The minimum Gasteiger partial charge on any atom is -0.389 e. The summed E-state index contributed by atoms with van der Waals surface area (Å²) in [6.07, 6.45) is 1.05. The summed E-state index contributed by atoms with van der Waals surface area (Å²) in [5.41, 5.74) is 1.81. The number of aliphatic hydroxyl groups excluding tert-OH is 1. The molecule has 0 saturated heterocycles. The van der Waals surface area contributed by atoms with Crippen molar-refractivity contribution in [2.75, 3.05) is 0 Å². The average molecular weight is 361 g/mol. The fraction of sp³-hybridized carbons (Fsp3) is 0.125. The zero-order valence-electron chi connectivity index (χ0n) is 11.3. The quantitative estimate of drug-likeness (QED) is 0.693. The van der Waals surface area contributed by atoms with Crippen LogP contribution < -0.4 is 0 Å². The molecular weight excluding hydrogens is 348 g/mol. The van der Waals surface area contributed by atoms with Gasteiger partial charge in [0, 0.05) is 14.8 Å². The second kappa shape index (κ2) is 6.13. The molecule has 0 bridgehead atoms. The third-order valence-electron chi connectivity index (χ3n) is 3.14. The fourth-order valence-corrected chi connectivity index (χ4v) is 3.75. The predicted molar refractivity (Wildman–Crippen MR) is 88.4 cm³/mol. The smallest absolute Gasteiger partial charge is 0.117 e. The van der Waals surface area contributed by atoms with Gasteiger partial charge in [0.2, 0.25) is 0 Å². The van der Waals surface area contributed by atoms with Crippen LogP contribution in [0.5, 0.6) is 0 Å². The lowest BCUT2D eigenvalue weighted by atomic mass is 10.1. The molecule has 1 N–H and O–H groups in total. The zero-order valence-corrected chi connectivity index (χ0v) is 13.7. The van der Waals surface area contributed by atoms with E-state index in [-0.39, 0.29) is 0 Å². The molecule has 2 aromatic carbocycles. The molecule has 1 aromatic heterocycles. The minimum absolute atomic E-state index is 0.520. The Morgan fingerprint density at radius 1 is 1.14 bits per heavy atom. The highest BCUT2D eigenvalue weighted by Gasteiger charge is 2.12. The number of fused-ring (bicyclic) bond motifs is 1. The first kappa shape index (κ1) is 14.5. The van der Waals surface area contributed by atoms with Crippen molar-refractivity contribution in [3.8, 4) is 0 Å². The first-order valence-corrected chi connectivity index (χ1v) is 8.11. The molecule has 1 heterocycles. The minimum atomic E-state index is -0.520. The molecule has 0 aliphatic rings. The van der Waals surface area contributed by atoms with Crippen LogP contribution in [0.15, 0.2) is 63.2 Å². The molecule has 1 atom stereocenters. The van der Waals surface area contributed by atoms with Gasteiger partial charge in [-0.05, 0) is 30.7 Å². The van der Waals surface area contributed by atoms with E-state index in [0.29, 0.717) is 0 Å². The van der Waals surface area contributed by atoms with Crippen molar-refractivity contribution in [3.05, 3.63) is 58.8 Å². The summed E-state index contributed by atoms with van der Waals surface area (Å²) in [5, 5.41) is 11.8. The van der Waals surface area contributed by atoms with E-state index in [2.05, 4.69) is 25.9 Å². The molecule has 0 amide bonds. The van der Waals surface area contributed by atoms with E-state index in [0.717, 1.165) is 30.9 Å². The maximum atomic E-state index is 9.93. The summed E-state index contributed by atoms with van der Waals surface area (Å²) >= 11 is 5.03. The second-order valence-electron chi connectivity index (χ2n) is 4.66. The highest BCUT2D eigenvalue weighted by Crippen LogP contribution is 2.36. The average Bonchev–Trinajstić information content (AvgIpc) is 2.47. The maximum absolute atomic E-state index is 9.93. The van der Waals surface area contributed by atoms with Gasteiger partial charge in [0.25, 0.3) is 0 Å².